The highest BCUT2D eigenvalue weighted by Gasteiger charge is 2.43. The Bertz CT molecular complexity index is 1840. The van der Waals surface area contributed by atoms with Crippen molar-refractivity contribution in [3.63, 3.8) is 0 Å². The molecule has 0 radical (unpaired) electrons. The number of nitrogens with zero attached hydrogens (tertiary/aromatic N) is 3. The Hall–Kier alpha value is -4.43. The third-order valence-electron chi connectivity index (χ3n) is 7.52. The van der Waals surface area contributed by atoms with E-state index in [9.17, 15) is 13.6 Å². The first-order valence-electron chi connectivity index (χ1n) is 13.1. The van der Waals surface area contributed by atoms with Crippen LogP contribution in [0.3, 0.4) is 0 Å². The average molecular weight is 552 g/mol. The molecule has 3 heterocycles. The van der Waals surface area contributed by atoms with Crippen molar-refractivity contribution in [2.45, 2.75) is 25.3 Å². The van der Waals surface area contributed by atoms with Gasteiger partial charge in [0.2, 0.25) is 5.13 Å². The van der Waals surface area contributed by atoms with Gasteiger partial charge in [-0.25, -0.2) is 23.6 Å². The Morgan fingerprint density at radius 2 is 1.73 bits per heavy atom. The van der Waals surface area contributed by atoms with E-state index in [1.54, 1.807) is 36.5 Å². The quantitative estimate of drug-likeness (QED) is 0.212. The van der Waals surface area contributed by atoms with E-state index in [2.05, 4.69) is 11.1 Å². The van der Waals surface area contributed by atoms with Gasteiger partial charge in [-0.2, -0.15) is 5.10 Å². The van der Waals surface area contributed by atoms with Gasteiger partial charge in [-0.15, -0.1) is 0 Å². The molecule has 0 bridgehead atoms. The monoisotopic (exact) mass is 551 g/mol. The topological polar surface area (TPSA) is 58.7 Å². The van der Waals surface area contributed by atoms with Crippen LogP contribution in [0.4, 0.5) is 13.9 Å². The first-order valence-corrected chi connectivity index (χ1v) is 13.9. The smallest absolute Gasteiger partial charge is 0.345 e. The number of thiazole rings is 1. The number of fused-ring (bicyclic) bond motifs is 2. The molecule has 0 saturated heterocycles. The van der Waals surface area contributed by atoms with Crippen LogP contribution in [0.2, 0.25) is 0 Å². The minimum Gasteiger partial charge on any atom is -0.422 e. The number of halogens is 2. The number of para-hydroxylation sites is 1. The lowest BCUT2D eigenvalue weighted by Crippen LogP contribution is -2.28. The molecule has 0 amide bonds. The molecule has 2 atom stereocenters. The average Bonchev–Trinajstić information content (AvgIpc) is 3.60. The molecule has 40 heavy (non-hydrogen) atoms. The highest BCUT2D eigenvalue weighted by Crippen LogP contribution is 2.47. The van der Waals surface area contributed by atoms with Crippen LogP contribution in [-0.2, 0) is 0 Å². The van der Waals surface area contributed by atoms with E-state index in [1.165, 1.54) is 35.6 Å². The number of hydrazone groups is 1. The van der Waals surface area contributed by atoms with Gasteiger partial charge in [0.15, 0.2) is 0 Å². The molecule has 3 aromatic carbocycles. The minimum absolute atomic E-state index is 0.0731. The molecule has 0 spiro atoms. The van der Waals surface area contributed by atoms with E-state index in [-0.39, 0.29) is 23.6 Å². The zero-order chi connectivity index (χ0) is 27.2. The second-order valence-corrected chi connectivity index (χ2v) is 11.0. The molecule has 1 fully saturated rings. The normalized spacial score (nSPS) is 19.7. The van der Waals surface area contributed by atoms with Crippen molar-refractivity contribution in [2.24, 2.45) is 11.0 Å². The molecule has 8 heteroatoms. The molecule has 2 aliphatic rings. The molecule has 2 aromatic heterocycles. The van der Waals surface area contributed by atoms with Crippen molar-refractivity contribution in [2.75, 3.05) is 5.01 Å². The standard InChI is InChI=1S/C32H23F2N3O2S/c33-23-12-8-19(9-13-23)16-22-5-3-6-25-29(22)36-37(30(25)20-10-14-24(34)15-11-20)32-35-18-28(40-32)26-17-21-4-1-2-7-27(21)39-31(26)38/h1-2,4,7-18,25,30H,3,5-6H2/b22-16-. The Kier molecular flexibility index (Phi) is 6.12. The van der Waals surface area contributed by atoms with E-state index in [1.807, 2.05) is 29.3 Å². The number of hydrogen-bond donors (Lipinski definition) is 0. The van der Waals surface area contributed by atoms with E-state index in [0.29, 0.717) is 21.2 Å². The van der Waals surface area contributed by atoms with Crippen LogP contribution in [0.1, 0.15) is 36.4 Å². The van der Waals surface area contributed by atoms with E-state index in [0.717, 1.165) is 47.1 Å². The minimum atomic E-state index is -0.421. The Morgan fingerprint density at radius 3 is 2.52 bits per heavy atom. The maximum Gasteiger partial charge on any atom is 0.345 e. The van der Waals surface area contributed by atoms with Gasteiger partial charge in [-0.1, -0.05) is 53.8 Å². The van der Waals surface area contributed by atoms with Crippen molar-refractivity contribution in [1.29, 1.82) is 0 Å². The van der Waals surface area contributed by atoms with Crippen molar-refractivity contribution in [3.05, 3.63) is 124 Å². The molecule has 7 rings (SSSR count). The van der Waals surface area contributed by atoms with Crippen LogP contribution in [0.5, 0.6) is 0 Å². The van der Waals surface area contributed by atoms with Gasteiger partial charge in [0.1, 0.15) is 17.2 Å². The van der Waals surface area contributed by atoms with Crippen molar-refractivity contribution in [1.82, 2.24) is 4.98 Å². The summed E-state index contributed by atoms with van der Waals surface area (Å²) >= 11 is 1.37. The lowest BCUT2D eigenvalue weighted by Gasteiger charge is -2.29. The van der Waals surface area contributed by atoms with Crippen LogP contribution in [0.15, 0.2) is 105 Å². The van der Waals surface area contributed by atoms with Crippen LogP contribution in [-0.4, -0.2) is 10.7 Å². The fraction of sp³-hybridized carbons (Fsp3) is 0.156. The van der Waals surface area contributed by atoms with E-state index < -0.39 is 5.63 Å². The summed E-state index contributed by atoms with van der Waals surface area (Å²) in [6.45, 7) is 0. The summed E-state index contributed by atoms with van der Waals surface area (Å²) in [7, 11) is 0. The van der Waals surface area contributed by atoms with Gasteiger partial charge in [0.25, 0.3) is 0 Å². The zero-order valence-corrected chi connectivity index (χ0v) is 22.1. The van der Waals surface area contributed by atoms with Gasteiger partial charge in [0, 0.05) is 17.5 Å². The molecule has 1 aliphatic carbocycles. The van der Waals surface area contributed by atoms with Gasteiger partial charge < -0.3 is 4.42 Å². The van der Waals surface area contributed by atoms with Crippen LogP contribution in [0, 0.1) is 17.6 Å². The molecule has 2 unspecified atom stereocenters. The summed E-state index contributed by atoms with van der Waals surface area (Å²) in [6.07, 6.45) is 6.51. The van der Waals surface area contributed by atoms with E-state index in [4.69, 9.17) is 9.52 Å². The second-order valence-electron chi connectivity index (χ2n) is 10.0. The van der Waals surface area contributed by atoms with Crippen LogP contribution in [0.25, 0.3) is 27.5 Å². The molecule has 1 aliphatic heterocycles. The van der Waals surface area contributed by atoms with Gasteiger partial charge >= 0.3 is 5.63 Å². The predicted octanol–water partition coefficient (Wildman–Crippen LogP) is 8.00. The summed E-state index contributed by atoms with van der Waals surface area (Å²) in [4.78, 5) is 18.2. The highest BCUT2D eigenvalue weighted by atomic mass is 32.1. The molecule has 198 valence electrons. The number of hydrogen-bond acceptors (Lipinski definition) is 6. The Labute approximate surface area is 232 Å². The third kappa shape index (κ3) is 4.44. The second kappa shape index (κ2) is 9.95. The Balaban J connectivity index is 1.31. The number of benzene rings is 3. The molecule has 5 aromatic rings. The molecule has 5 nitrogen and oxygen atoms in total. The van der Waals surface area contributed by atoms with E-state index >= 15 is 0 Å². The van der Waals surface area contributed by atoms with Gasteiger partial charge in [-0.3, -0.25) is 0 Å². The SMILES string of the molecule is O=c1oc2ccccc2cc1-c1cnc(N2N=C3/C(=C\c4ccc(F)cc4)CCCC3C2c2ccc(F)cc2)s1. The van der Waals surface area contributed by atoms with Crippen LogP contribution < -0.4 is 10.6 Å². The first-order chi connectivity index (χ1) is 19.5. The maximum absolute atomic E-state index is 13.9. The largest absolute Gasteiger partial charge is 0.422 e. The van der Waals surface area contributed by atoms with Gasteiger partial charge in [-0.05, 0) is 78.4 Å². The van der Waals surface area contributed by atoms with Crippen molar-refractivity contribution < 1.29 is 13.2 Å². The van der Waals surface area contributed by atoms with Crippen LogP contribution >= 0.6 is 11.3 Å². The van der Waals surface area contributed by atoms with Gasteiger partial charge in [0.05, 0.1) is 22.2 Å². The predicted molar refractivity (Wildman–Crippen MR) is 154 cm³/mol. The third-order valence-corrected chi connectivity index (χ3v) is 8.54. The maximum atomic E-state index is 13.9. The summed E-state index contributed by atoms with van der Waals surface area (Å²) in [5.74, 6) is -0.497. The molecular weight excluding hydrogens is 528 g/mol. The lowest BCUT2D eigenvalue weighted by molar-refractivity contribution is 0.486. The first kappa shape index (κ1) is 24.6. The number of anilines is 1. The highest BCUT2D eigenvalue weighted by molar-refractivity contribution is 7.18. The summed E-state index contributed by atoms with van der Waals surface area (Å²) in [5, 5.41) is 8.48. The molecular formula is C32H23F2N3O2S. The summed E-state index contributed by atoms with van der Waals surface area (Å²) < 4.78 is 32.9. The van der Waals surface area contributed by atoms with Crippen molar-refractivity contribution in [3.8, 4) is 10.4 Å². The number of rotatable bonds is 4. The zero-order valence-electron chi connectivity index (χ0n) is 21.3. The molecule has 0 N–H and O–H groups in total. The number of aromatic nitrogens is 1. The fourth-order valence-electron chi connectivity index (χ4n) is 5.64. The van der Waals surface area contributed by atoms with Crippen molar-refractivity contribution >= 4 is 39.2 Å². The number of allylic oxidation sites excluding steroid dienone is 1. The summed E-state index contributed by atoms with van der Waals surface area (Å²) in [5.41, 5.74) is 4.48. The Morgan fingerprint density at radius 1 is 0.975 bits per heavy atom. The fourth-order valence-corrected chi connectivity index (χ4v) is 6.55. The molecule has 1 saturated carbocycles. The lowest BCUT2D eigenvalue weighted by atomic mass is 9.77. The summed E-state index contributed by atoms with van der Waals surface area (Å²) in [6, 6.07) is 22.0.